The van der Waals surface area contributed by atoms with Crippen LogP contribution in [0, 0.1) is 0 Å². The lowest BCUT2D eigenvalue weighted by Crippen LogP contribution is -2.12. The first-order valence-corrected chi connectivity index (χ1v) is 7.62. The number of carbonyl (C=O) groups excluding carboxylic acids is 2. The zero-order valence-electron chi connectivity index (χ0n) is 11.7. The first-order chi connectivity index (χ1) is 10.7. The topological polar surface area (TPSA) is 56.3 Å². The van der Waals surface area contributed by atoms with Gasteiger partial charge in [-0.15, -0.1) is 11.3 Å². The molecule has 0 amide bonds. The number of fused-ring (bicyclic) bond motifs is 2. The number of hydrogen-bond donors (Lipinski definition) is 0. The number of methoxy groups -OCH3 is 1. The highest BCUT2D eigenvalue weighted by molar-refractivity contribution is 7.18. The SMILES string of the molecule is COc1ccc2c(c1)C(=O)C(c1nc3ccccc3s1)C2=O. The van der Waals surface area contributed by atoms with E-state index >= 15 is 0 Å². The molecular formula is C17H11NO3S. The minimum absolute atomic E-state index is 0.179. The van der Waals surface area contributed by atoms with Crippen LogP contribution < -0.4 is 4.74 Å². The molecule has 0 spiro atoms. The lowest BCUT2D eigenvalue weighted by atomic mass is 10.1. The normalized spacial score (nSPS) is 17.0. The predicted molar refractivity (Wildman–Crippen MR) is 84.0 cm³/mol. The van der Waals surface area contributed by atoms with Crippen LogP contribution >= 0.6 is 11.3 Å². The Labute approximate surface area is 130 Å². The van der Waals surface area contributed by atoms with Crippen molar-refractivity contribution in [1.82, 2.24) is 4.98 Å². The van der Waals surface area contributed by atoms with Crippen molar-refractivity contribution < 1.29 is 14.3 Å². The molecule has 1 unspecified atom stereocenters. The van der Waals surface area contributed by atoms with Gasteiger partial charge in [0.25, 0.3) is 0 Å². The maximum Gasteiger partial charge on any atom is 0.181 e. The van der Waals surface area contributed by atoms with Crippen LogP contribution in [-0.4, -0.2) is 23.7 Å². The van der Waals surface area contributed by atoms with E-state index in [-0.39, 0.29) is 11.6 Å². The zero-order chi connectivity index (χ0) is 15.3. The number of para-hydroxylation sites is 1. The second-order valence-electron chi connectivity index (χ2n) is 5.09. The van der Waals surface area contributed by atoms with Crippen molar-refractivity contribution in [3.05, 3.63) is 58.6 Å². The Hall–Kier alpha value is -2.53. The summed E-state index contributed by atoms with van der Waals surface area (Å²) in [6.07, 6.45) is 0. The van der Waals surface area contributed by atoms with Crippen molar-refractivity contribution in [1.29, 1.82) is 0 Å². The summed E-state index contributed by atoms with van der Waals surface area (Å²) in [5.74, 6) is -0.621. The minimum atomic E-state index is -0.820. The van der Waals surface area contributed by atoms with Crippen molar-refractivity contribution in [2.75, 3.05) is 7.11 Å². The van der Waals surface area contributed by atoms with E-state index in [4.69, 9.17) is 4.74 Å². The van der Waals surface area contributed by atoms with E-state index < -0.39 is 5.92 Å². The summed E-state index contributed by atoms with van der Waals surface area (Å²) in [7, 11) is 1.54. The van der Waals surface area contributed by atoms with E-state index in [1.165, 1.54) is 18.4 Å². The fourth-order valence-corrected chi connectivity index (χ4v) is 3.80. The number of rotatable bonds is 2. The van der Waals surface area contributed by atoms with Crippen LogP contribution in [0.1, 0.15) is 31.6 Å². The number of ketones is 2. The summed E-state index contributed by atoms with van der Waals surface area (Å²) in [5, 5.41) is 0.561. The van der Waals surface area contributed by atoms with Crippen molar-refractivity contribution in [2.45, 2.75) is 5.92 Å². The van der Waals surface area contributed by atoms with Gasteiger partial charge in [-0.3, -0.25) is 9.59 Å². The van der Waals surface area contributed by atoms with Crippen LogP contribution in [0.25, 0.3) is 10.2 Å². The third-order valence-corrected chi connectivity index (χ3v) is 4.94. The second kappa shape index (κ2) is 4.74. The van der Waals surface area contributed by atoms with Crippen LogP contribution in [0.3, 0.4) is 0 Å². The average molecular weight is 309 g/mol. The maximum absolute atomic E-state index is 12.6. The molecular weight excluding hydrogens is 298 g/mol. The summed E-state index contributed by atoms with van der Waals surface area (Å²) < 4.78 is 6.11. The van der Waals surface area contributed by atoms with Gasteiger partial charge in [0.05, 0.1) is 17.3 Å². The highest BCUT2D eigenvalue weighted by Crippen LogP contribution is 2.38. The number of aromatic nitrogens is 1. The van der Waals surface area contributed by atoms with Gasteiger partial charge < -0.3 is 4.74 Å². The smallest absolute Gasteiger partial charge is 0.181 e. The lowest BCUT2D eigenvalue weighted by Gasteiger charge is -2.01. The molecule has 0 radical (unpaired) electrons. The Balaban J connectivity index is 1.83. The molecule has 22 heavy (non-hydrogen) atoms. The van der Waals surface area contributed by atoms with Crippen LogP contribution in [0.15, 0.2) is 42.5 Å². The second-order valence-corrected chi connectivity index (χ2v) is 6.16. The average Bonchev–Trinajstić information content (AvgIpc) is 3.06. The fourth-order valence-electron chi connectivity index (χ4n) is 2.74. The standard InChI is InChI=1S/C17H11NO3S/c1-21-9-6-7-10-11(8-9)16(20)14(15(10)19)17-18-12-4-2-3-5-13(12)22-17/h2-8,14H,1H3. The lowest BCUT2D eigenvalue weighted by molar-refractivity contribution is 0.0890. The number of hydrogen-bond acceptors (Lipinski definition) is 5. The number of nitrogens with zero attached hydrogens (tertiary/aromatic N) is 1. The van der Waals surface area contributed by atoms with E-state index in [2.05, 4.69) is 4.98 Å². The molecule has 0 saturated carbocycles. The molecule has 0 N–H and O–H groups in total. The van der Waals surface area contributed by atoms with Gasteiger partial charge in [-0.1, -0.05) is 12.1 Å². The number of benzene rings is 2. The fraction of sp³-hybridized carbons (Fsp3) is 0.118. The van der Waals surface area contributed by atoms with Crippen LogP contribution in [0.2, 0.25) is 0 Å². The molecule has 108 valence electrons. The molecule has 1 aromatic heterocycles. The quantitative estimate of drug-likeness (QED) is 0.680. The Morgan fingerprint density at radius 1 is 1.05 bits per heavy atom. The number of thiazole rings is 1. The highest BCUT2D eigenvalue weighted by Gasteiger charge is 2.41. The van der Waals surface area contributed by atoms with Gasteiger partial charge in [0.15, 0.2) is 11.6 Å². The molecule has 0 fully saturated rings. The zero-order valence-corrected chi connectivity index (χ0v) is 12.5. The predicted octanol–water partition coefficient (Wildman–Crippen LogP) is 3.47. The molecule has 1 aliphatic carbocycles. The van der Waals surface area contributed by atoms with Crippen molar-refractivity contribution in [2.24, 2.45) is 0 Å². The maximum atomic E-state index is 12.6. The molecule has 3 aromatic rings. The third kappa shape index (κ3) is 1.79. The van der Waals surface area contributed by atoms with Gasteiger partial charge in [0.2, 0.25) is 0 Å². The summed E-state index contributed by atoms with van der Waals surface area (Å²) in [6, 6.07) is 12.6. The Morgan fingerprint density at radius 3 is 2.59 bits per heavy atom. The minimum Gasteiger partial charge on any atom is -0.497 e. The van der Waals surface area contributed by atoms with Gasteiger partial charge >= 0.3 is 0 Å². The molecule has 1 heterocycles. The number of carbonyl (C=O) groups is 2. The number of ether oxygens (including phenoxy) is 1. The van der Waals surface area contributed by atoms with Crippen LogP contribution in [0.4, 0.5) is 0 Å². The van der Waals surface area contributed by atoms with Crippen LogP contribution in [0.5, 0.6) is 5.75 Å². The largest absolute Gasteiger partial charge is 0.497 e. The van der Waals surface area contributed by atoms with Crippen LogP contribution in [-0.2, 0) is 0 Å². The van der Waals surface area contributed by atoms with E-state index in [9.17, 15) is 9.59 Å². The molecule has 1 atom stereocenters. The van der Waals surface area contributed by atoms with E-state index in [0.717, 1.165) is 10.2 Å². The molecule has 0 bridgehead atoms. The monoisotopic (exact) mass is 309 g/mol. The number of Topliss-reactive ketones (excluding diaryl/α,β-unsaturated/α-hetero) is 2. The molecule has 4 rings (SSSR count). The summed E-state index contributed by atoms with van der Waals surface area (Å²) in [5.41, 5.74) is 1.69. The molecule has 0 saturated heterocycles. The Bertz CT molecular complexity index is 896. The highest BCUT2D eigenvalue weighted by atomic mass is 32.1. The van der Waals surface area contributed by atoms with E-state index in [1.807, 2.05) is 24.3 Å². The van der Waals surface area contributed by atoms with E-state index in [0.29, 0.717) is 21.9 Å². The van der Waals surface area contributed by atoms with Crippen molar-refractivity contribution in [3.63, 3.8) is 0 Å². The van der Waals surface area contributed by atoms with Crippen molar-refractivity contribution in [3.8, 4) is 5.75 Å². The Kier molecular flexibility index (Phi) is 2.84. The summed E-state index contributed by atoms with van der Waals surface area (Å²) >= 11 is 1.40. The van der Waals surface area contributed by atoms with Gasteiger partial charge in [-0.2, -0.15) is 0 Å². The summed E-state index contributed by atoms with van der Waals surface area (Å²) in [4.78, 5) is 29.7. The molecule has 1 aliphatic rings. The van der Waals surface area contributed by atoms with Gasteiger partial charge in [-0.05, 0) is 30.3 Å². The van der Waals surface area contributed by atoms with Crippen molar-refractivity contribution >= 4 is 33.1 Å². The third-order valence-electron chi connectivity index (χ3n) is 3.84. The van der Waals surface area contributed by atoms with Gasteiger partial charge in [0, 0.05) is 11.1 Å². The van der Waals surface area contributed by atoms with Gasteiger partial charge in [0.1, 0.15) is 16.7 Å². The van der Waals surface area contributed by atoms with E-state index in [1.54, 1.807) is 18.2 Å². The first kappa shape index (κ1) is 13.2. The molecule has 2 aromatic carbocycles. The summed E-state index contributed by atoms with van der Waals surface area (Å²) in [6.45, 7) is 0. The Morgan fingerprint density at radius 2 is 1.82 bits per heavy atom. The molecule has 0 aliphatic heterocycles. The molecule has 4 nitrogen and oxygen atoms in total. The molecule has 5 heteroatoms. The van der Waals surface area contributed by atoms with Gasteiger partial charge in [-0.25, -0.2) is 4.98 Å². The first-order valence-electron chi connectivity index (χ1n) is 6.81.